The number of imide groups is 1. The van der Waals surface area contributed by atoms with Crippen molar-refractivity contribution in [1.29, 1.82) is 0 Å². The molecule has 1 aliphatic rings. The minimum absolute atomic E-state index is 0.126. The third kappa shape index (κ3) is 3.72. The smallest absolute Gasteiger partial charge is 0.278 e. The molecule has 1 aromatic heterocycles. The number of methoxy groups -OCH3 is 1. The lowest BCUT2D eigenvalue weighted by Gasteiger charge is -2.17. The summed E-state index contributed by atoms with van der Waals surface area (Å²) >= 11 is 7.48. The molecule has 1 aliphatic heterocycles. The van der Waals surface area contributed by atoms with Gasteiger partial charge in [-0.05, 0) is 48.2 Å². The number of nitrogens with zero attached hydrogens (tertiary/aromatic N) is 1. The van der Waals surface area contributed by atoms with Crippen LogP contribution in [0.5, 0.6) is 5.75 Å². The fourth-order valence-corrected chi connectivity index (χ4v) is 4.39. The number of benzene rings is 2. The van der Waals surface area contributed by atoms with E-state index < -0.39 is 0 Å². The van der Waals surface area contributed by atoms with Gasteiger partial charge in [0.25, 0.3) is 11.8 Å². The number of hydrogen-bond acceptors (Lipinski definition) is 5. The number of ether oxygens (including phenoxy) is 1. The van der Waals surface area contributed by atoms with Crippen LogP contribution in [0.2, 0.25) is 5.02 Å². The van der Waals surface area contributed by atoms with Gasteiger partial charge in [-0.15, -0.1) is 11.3 Å². The molecule has 0 aliphatic carbocycles. The van der Waals surface area contributed by atoms with Crippen molar-refractivity contribution in [1.82, 2.24) is 4.90 Å². The standard InChI is InChI=1S/C23H19ClN2O3S/c1-14-12-16(24)9-10-17(14)25-21-20(19-8-5-11-30-19)22(27)26(23(21)28)13-15-6-3-4-7-18(15)29-2/h3-12,25H,13H2,1-2H3. The Bertz CT molecular complexity index is 1160. The Balaban J connectivity index is 1.73. The van der Waals surface area contributed by atoms with E-state index in [2.05, 4.69) is 5.32 Å². The van der Waals surface area contributed by atoms with Crippen molar-refractivity contribution in [2.24, 2.45) is 0 Å². The Kier molecular flexibility index (Phi) is 5.61. The molecular formula is C23H19ClN2O3S. The Labute approximate surface area is 183 Å². The minimum Gasteiger partial charge on any atom is -0.496 e. The fourth-order valence-electron chi connectivity index (χ4n) is 3.39. The highest BCUT2D eigenvalue weighted by Gasteiger charge is 2.40. The van der Waals surface area contributed by atoms with Crippen LogP contribution in [-0.2, 0) is 16.1 Å². The van der Waals surface area contributed by atoms with Crippen molar-refractivity contribution in [3.05, 3.63) is 86.7 Å². The van der Waals surface area contributed by atoms with Crippen LogP contribution in [0.4, 0.5) is 5.69 Å². The van der Waals surface area contributed by atoms with Gasteiger partial charge < -0.3 is 10.1 Å². The number of hydrogen-bond donors (Lipinski definition) is 1. The lowest BCUT2D eigenvalue weighted by molar-refractivity contribution is -0.137. The van der Waals surface area contributed by atoms with Crippen molar-refractivity contribution >= 4 is 46.0 Å². The first-order valence-electron chi connectivity index (χ1n) is 9.29. The van der Waals surface area contributed by atoms with E-state index in [4.69, 9.17) is 16.3 Å². The highest BCUT2D eigenvalue weighted by molar-refractivity contribution is 7.11. The second kappa shape index (κ2) is 8.34. The summed E-state index contributed by atoms with van der Waals surface area (Å²) in [5.74, 6) is -0.0724. The number of para-hydroxylation sites is 1. The van der Waals surface area contributed by atoms with E-state index in [9.17, 15) is 9.59 Å². The van der Waals surface area contributed by atoms with Gasteiger partial charge in [0.2, 0.25) is 0 Å². The molecule has 5 nitrogen and oxygen atoms in total. The Morgan fingerprint density at radius 3 is 2.57 bits per heavy atom. The molecule has 2 amide bonds. The summed E-state index contributed by atoms with van der Waals surface area (Å²) < 4.78 is 5.39. The normalized spacial score (nSPS) is 13.9. The molecule has 30 heavy (non-hydrogen) atoms. The Morgan fingerprint density at radius 1 is 1.07 bits per heavy atom. The molecule has 7 heteroatoms. The highest BCUT2D eigenvalue weighted by Crippen LogP contribution is 2.35. The van der Waals surface area contributed by atoms with Gasteiger partial charge in [-0.25, -0.2) is 0 Å². The summed E-state index contributed by atoms with van der Waals surface area (Å²) in [7, 11) is 1.57. The molecule has 2 aromatic carbocycles. The van der Waals surface area contributed by atoms with Gasteiger partial charge in [-0.2, -0.15) is 0 Å². The zero-order chi connectivity index (χ0) is 21.3. The van der Waals surface area contributed by atoms with Crippen molar-refractivity contribution < 1.29 is 14.3 Å². The SMILES string of the molecule is COc1ccccc1CN1C(=O)C(Nc2ccc(Cl)cc2C)=C(c2cccs2)C1=O. The number of amides is 2. The minimum atomic E-state index is -0.372. The lowest BCUT2D eigenvalue weighted by atomic mass is 10.1. The van der Waals surface area contributed by atoms with Crippen LogP contribution >= 0.6 is 22.9 Å². The predicted octanol–water partition coefficient (Wildman–Crippen LogP) is 5.11. The second-order valence-electron chi connectivity index (χ2n) is 6.82. The zero-order valence-corrected chi connectivity index (χ0v) is 18.0. The molecule has 0 spiro atoms. The summed E-state index contributed by atoms with van der Waals surface area (Å²) in [5.41, 5.74) is 3.01. The van der Waals surface area contributed by atoms with Gasteiger partial charge in [0.05, 0.1) is 19.2 Å². The van der Waals surface area contributed by atoms with Gasteiger partial charge in [0.1, 0.15) is 11.4 Å². The van der Waals surface area contributed by atoms with E-state index in [1.54, 1.807) is 19.2 Å². The van der Waals surface area contributed by atoms with E-state index in [0.29, 0.717) is 16.3 Å². The molecule has 152 valence electrons. The van der Waals surface area contributed by atoms with Crippen LogP contribution < -0.4 is 10.1 Å². The predicted molar refractivity (Wildman–Crippen MR) is 120 cm³/mol. The molecule has 0 saturated heterocycles. The number of carbonyl (C=O) groups excluding carboxylic acids is 2. The number of anilines is 1. The molecule has 0 atom stereocenters. The number of nitrogens with one attached hydrogen (secondary N) is 1. The first-order valence-corrected chi connectivity index (χ1v) is 10.5. The van der Waals surface area contributed by atoms with Crippen LogP contribution in [0, 0.1) is 6.92 Å². The van der Waals surface area contributed by atoms with Gasteiger partial charge in [-0.3, -0.25) is 14.5 Å². The average Bonchev–Trinajstić information content (AvgIpc) is 3.33. The molecule has 0 unspecified atom stereocenters. The number of halogens is 1. The molecule has 1 N–H and O–H groups in total. The van der Waals surface area contributed by atoms with Crippen LogP contribution in [0.25, 0.3) is 5.57 Å². The number of thiophene rings is 1. The summed E-state index contributed by atoms with van der Waals surface area (Å²) in [6, 6.07) is 16.4. The second-order valence-corrected chi connectivity index (χ2v) is 8.20. The van der Waals surface area contributed by atoms with Gasteiger partial charge in [-0.1, -0.05) is 35.9 Å². The number of carbonyl (C=O) groups is 2. The monoisotopic (exact) mass is 438 g/mol. The van der Waals surface area contributed by atoms with E-state index in [-0.39, 0.29) is 24.1 Å². The Morgan fingerprint density at radius 2 is 1.87 bits per heavy atom. The van der Waals surface area contributed by atoms with Crippen molar-refractivity contribution in [2.45, 2.75) is 13.5 Å². The maximum absolute atomic E-state index is 13.3. The molecule has 0 fully saturated rings. The van der Waals surface area contributed by atoms with E-state index in [1.165, 1.54) is 16.2 Å². The molecule has 0 saturated carbocycles. The summed E-state index contributed by atoms with van der Waals surface area (Å²) in [5, 5.41) is 5.68. The van der Waals surface area contributed by atoms with E-state index >= 15 is 0 Å². The largest absolute Gasteiger partial charge is 0.496 e. The molecule has 0 bridgehead atoms. The zero-order valence-electron chi connectivity index (χ0n) is 16.4. The van der Waals surface area contributed by atoms with Crippen molar-refractivity contribution in [3.8, 4) is 5.75 Å². The third-order valence-corrected chi connectivity index (χ3v) is 6.03. The molecular weight excluding hydrogens is 420 g/mol. The molecule has 4 rings (SSSR count). The van der Waals surface area contributed by atoms with Crippen LogP contribution in [0.1, 0.15) is 16.0 Å². The van der Waals surface area contributed by atoms with Gasteiger partial charge in [0.15, 0.2) is 0 Å². The first kappa shape index (κ1) is 20.2. The number of rotatable bonds is 6. The Hall–Kier alpha value is -3.09. The fraction of sp³-hybridized carbons (Fsp3) is 0.130. The molecule has 2 heterocycles. The van der Waals surface area contributed by atoms with Gasteiger partial charge in [0, 0.05) is 21.2 Å². The molecule has 3 aromatic rings. The van der Waals surface area contributed by atoms with Crippen LogP contribution in [0.3, 0.4) is 0 Å². The van der Waals surface area contributed by atoms with Crippen LogP contribution in [-0.4, -0.2) is 23.8 Å². The quantitative estimate of drug-likeness (QED) is 0.543. The maximum Gasteiger partial charge on any atom is 0.278 e. The summed E-state index contributed by atoms with van der Waals surface area (Å²) in [4.78, 5) is 28.6. The third-order valence-electron chi connectivity index (χ3n) is 4.90. The first-order chi connectivity index (χ1) is 14.5. The topological polar surface area (TPSA) is 58.6 Å². The highest BCUT2D eigenvalue weighted by atomic mass is 35.5. The van der Waals surface area contributed by atoms with E-state index in [0.717, 1.165) is 21.7 Å². The van der Waals surface area contributed by atoms with Crippen LogP contribution in [0.15, 0.2) is 65.7 Å². The number of aryl methyl sites for hydroxylation is 1. The summed E-state index contributed by atoms with van der Waals surface area (Å²) in [6.07, 6.45) is 0. The summed E-state index contributed by atoms with van der Waals surface area (Å²) in [6.45, 7) is 2.02. The van der Waals surface area contributed by atoms with E-state index in [1.807, 2.05) is 54.8 Å². The van der Waals surface area contributed by atoms with Gasteiger partial charge >= 0.3 is 0 Å². The molecule has 0 radical (unpaired) electrons. The van der Waals surface area contributed by atoms with Crippen molar-refractivity contribution in [3.63, 3.8) is 0 Å². The maximum atomic E-state index is 13.3. The lowest BCUT2D eigenvalue weighted by Crippen LogP contribution is -2.32. The van der Waals surface area contributed by atoms with Crippen molar-refractivity contribution in [2.75, 3.05) is 12.4 Å². The average molecular weight is 439 g/mol.